The van der Waals surface area contributed by atoms with Crippen molar-refractivity contribution in [3.8, 4) is 0 Å². The summed E-state index contributed by atoms with van der Waals surface area (Å²) in [7, 11) is -3.93. The zero-order valence-corrected chi connectivity index (χ0v) is 10.1. The normalized spacial score (nSPS) is 37.4. The summed E-state index contributed by atoms with van der Waals surface area (Å²) in [5.41, 5.74) is -0.380. The molecule has 3 unspecified atom stereocenters. The molecule has 0 N–H and O–H groups in total. The fourth-order valence-electron chi connectivity index (χ4n) is 1.93. The largest absolute Gasteiger partial charge is 0.367 e. The van der Waals surface area contributed by atoms with Crippen LogP contribution in [0.2, 0.25) is 0 Å². The summed E-state index contributed by atoms with van der Waals surface area (Å²) in [5, 5.41) is 10.6. The summed E-state index contributed by atoms with van der Waals surface area (Å²) in [4.78, 5) is 9.99. The quantitative estimate of drug-likeness (QED) is 0.317. The van der Waals surface area contributed by atoms with Crippen LogP contribution in [0.5, 0.6) is 0 Å². The number of hydrogen-bond donors (Lipinski definition) is 0. The molecule has 1 spiro atoms. The Morgan fingerprint density at radius 3 is 2.83 bits per heavy atom. The number of nitrogens with zero attached hydrogens (tertiary/aromatic N) is 1. The lowest BCUT2D eigenvalue weighted by molar-refractivity contribution is -0.508. The maximum atomic E-state index is 11.9. The Labute approximate surface area is 103 Å². The van der Waals surface area contributed by atoms with Crippen molar-refractivity contribution in [2.75, 3.05) is 6.61 Å². The van der Waals surface area contributed by atoms with Crippen LogP contribution in [0.15, 0.2) is 23.1 Å². The first kappa shape index (κ1) is 11.8. The highest BCUT2D eigenvalue weighted by Gasteiger charge is 2.68. The van der Waals surface area contributed by atoms with Gasteiger partial charge in [0, 0.05) is 23.8 Å². The van der Waals surface area contributed by atoms with Gasteiger partial charge in [0.2, 0.25) is 6.04 Å². The van der Waals surface area contributed by atoms with Crippen molar-refractivity contribution in [2.24, 2.45) is 0 Å². The van der Waals surface area contributed by atoms with Gasteiger partial charge in [0.25, 0.3) is 10.1 Å². The van der Waals surface area contributed by atoms with Gasteiger partial charge in [0.1, 0.15) is 11.7 Å². The number of nitro groups is 1. The van der Waals surface area contributed by atoms with E-state index in [1.165, 1.54) is 12.2 Å². The molecule has 0 amide bonds. The Balaban J connectivity index is 1.76. The van der Waals surface area contributed by atoms with E-state index in [1.54, 1.807) is 0 Å². The molecular weight excluding hydrogens is 262 g/mol. The van der Waals surface area contributed by atoms with Crippen molar-refractivity contribution in [3.05, 3.63) is 33.2 Å². The van der Waals surface area contributed by atoms with Crippen molar-refractivity contribution >= 4 is 10.1 Å². The summed E-state index contributed by atoms with van der Waals surface area (Å²) in [5.74, 6) is 0. The molecule has 2 aliphatic carbocycles. The molecule has 7 nitrogen and oxygen atoms in total. The summed E-state index contributed by atoms with van der Waals surface area (Å²) in [6.07, 6.45) is 4.27. The van der Waals surface area contributed by atoms with Crippen molar-refractivity contribution in [3.63, 3.8) is 0 Å². The lowest BCUT2D eigenvalue weighted by atomic mass is 10.1. The first-order valence-electron chi connectivity index (χ1n) is 5.52. The van der Waals surface area contributed by atoms with Crippen LogP contribution in [0.1, 0.15) is 12.8 Å². The molecule has 1 saturated carbocycles. The van der Waals surface area contributed by atoms with Gasteiger partial charge in [-0.2, -0.15) is 8.42 Å². The average Bonchev–Trinajstić information content (AvgIpc) is 3.21. The van der Waals surface area contributed by atoms with Crippen LogP contribution >= 0.6 is 0 Å². The molecule has 3 rings (SSSR count). The van der Waals surface area contributed by atoms with E-state index in [2.05, 4.69) is 0 Å². The van der Waals surface area contributed by atoms with Crippen LogP contribution in [0.4, 0.5) is 0 Å². The van der Waals surface area contributed by atoms with Crippen molar-refractivity contribution in [2.45, 2.75) is 30.6 Å². The minimum absolute atomic E-state index is 0.141. The minimum atomic E-state index is -3.93. The second kappa shape index (κ2) is 3.62. The Morgan fingerprint density at radius 1 is 1.56 bits per heavy atom. The van der Waals surface area contributed by atoms with Gasteiger partial charge in [0.15, 0.2) is 0 Å². The smallest absolute Gasteiger partial charge is 0.297 e. The summed E-state index contributed by atoms with van der Waals surface area (Å²) >= 11 is 0. The highest BCUT2D eigenvalue weighted by Crippen LogP contribution is 2.53. The van der Waals surface area contributed by atoms with Crippen LogP contribution in [-0.4, -0.2) is 37.7 Å². The third-order valence-corrected chi connectivity index (χ3v) is 4.63. The fourth-order valence-corrected chi connectivity index (χ4v) is 3.18. The highest BCUT2D eigenvalue weighted by atomic mass is 32.2. The van der Waals surface area contributed by atoms with Gasteiger partial charge >= 0.3 is 0 Å². The molecule has 2 fully saturated rings. The zero-order valence-electron chi connectivity index (χ0n) is 9.31. The van der Waals surface area contributed by atoms with Gasteiger partial charge in [-0.25, -0.2) is 0 Å². The minimum Gasteiger partial charge on any atom is -0.367 e. The molecular formula is C10H11NO6S. The standard InChI is InChI=1S/C10H11NO6S/c12-11(13)7-2-1-3-8(4-7)18(14,15)17-9-5-10(9)6-16-10/h1,3-4,7,9H,2,5-6H2. The van der Waals surface area contributed by atoms with E-state index >= 15 is 0 Å². The molecule has 1 aliphatic heterocycles. The van der Waals surface area contributed by atoms with E-state index in [4.69, 9.17) is 8.92 Å². The van der Waals surface area contributed by atoms with E-state index in [0.717, 1.165) is 6.08 Å². The maximum Gasteiger partial charge on any atom is 0.297 e. The Morgan fingerprint density at radius 2 is 2.28 bits per heavy atom. The van der Waals surface area contributed by atoms with Crippen molar-refractivity contribution in [1.82, 2.24) is 0 Å². The number of rotatable bonds is 4. The monoisotopic (exact) mass is 273 g/mol. The first-order chi connectivity index (χ1) is 8.43. The van der Waals surface area contributed by atoms with Gasteiger partial charge < -0.3 is 4.74 Å². The molecule has 0 bridgehead atoms. The predicted molar refractivity (Wildman–Crippen MR) is 59.7 cm³/mol. The average molecular weight is 273 g/mol. The molecule has 98 valence electrons. The fraction of sp³-hybridized carbons (Fsp3) is 0.600. The molecule has 1 saturated heterocycles. The summed E-state index contributed by atoms with van der Waals surface area (Å²) in [6, 6.07) is -1.01. The number of hydrogen-bond acceptors (Lipinski definition) is 6. The van der Waals surface area contributed by atoms with Gasteiger partial charge in [0.05, 0.1) is 11.5 Å². The molecule has 3 aliphatic rings. The van der Waals surface area contributed by atoms with E-state index in [9.17, 15) is 18.5 Å². The molecule has 0 aromatic carbocycles. The van der Waals surface area contributed by atoms with E-state index in [0.29, 0.717) is 13.0 Å². The third kappa shape index (κ3) is 1.96. The van der Waals surface area contributed by atoms with Gasteiger partial charge in [-0.15, -0.1) is 0 Å². The Bertz CT molecular complexity index is 559. The lowest BCUT2D eigenvalue weighted by Crippen LogP contribution is -2.21. The SMILES string of the molecule is O=[N+]([O-])C1C=C(S(=O)(=O)OC2CC23CO3)C=CC1. The molecule has 0 aromatic rings. The molecule has 3 atom stereocenters. The maximum absolute atomic E-state index is 11.9. The van der Waals surface area contributed by atoms with Crippen molar-refractivity contribution < 1.29 is 22.3 Å². The second-order valence-electron chi connectivity index (χ2n) is 4.66. The summed E-state index contributed by atoms with van der Waals surface area (Å²) in [6.45, 7) is 0.527. The highest BCUT2D eigenvalue weighted by molar-refractivity contribution is 7.91. The van der Waals surface area contributed by atoms with Gasteiger partial charge in [-0.05, 0) is 6.08 Å². The van der Waals surface area contributed by atoms with Gasteiger partial charge in [-0.3, -0.25) is 14.3 Å². The van der Waals surface area contributed by atoms with E-state index in [1.807, 2.05) is 0 Å². The number of allylic oxidation sites excluding steroid dienone is 1. The zero-order chi connectivity index (χ0) is 13.0. The third-order valence-electron chi connectivity index (χ3n) is 3.29. The number of epoxide rings is 1. The van der Waals surface area contributed by atoms with Crippen molar-refractivity contribution in [1.29, 1.82) is 0 Å². The topological polar surface area (TPSA) is 99.0 Å². The van der Waals surface area contributed by atoms with Crippen LogP contribution in [-0.2, 0) is 19.0 Å². The summed E-state index contributed by atoms with van der Waals surface area (Å²) < 4.78 is 33.9. The Hall–Kier alpha value is -1.25. The van der Waals surface area contributed by atoms with Crippen LogP contribution in [0.3, 0.4) is 0 Å². The van der Waals surface area contributed by atoms with Crippen LogP contribution in [0, 0.1) is 10.1 Å². The second-order valence-corrected chi connectivity index (χ2v) is 6.23. The predicted octanol–water partition coefficient (Wildman–Crippen LogP) is 0.363. The van der Waals surface area contributed by atoms with E-state index < -0.39 is 27.2 Å². The molecule has 8 heteroatoms. The first-order valence-corrected chi connectivity index (χ1v) is 6.93. The lowest BCUT2D eigenvalue weighted by Gasteiger charge is -2.11. The molecule has 1 heterocycles. The Kier molecular flexibility index (Phi) is 2.38. The van der Waals surface area contributed by atoms with E-state index in [-0.39, 0.29) is 16.9 Å². The number of ether oxygens (including phenoxy) is 1. The molecule has 0 aromatic heterocycles. The van der Waals surface area contributed by atoms with Crippen LogP contribution in [0.25, 0.3) is 0 Å². The van der Waals surface area contributed by atoms with Gasteiger partial charge in [-0.1, -0.05) is 6.08 Å². The molecule has 0 radical (unpaired) electrons. The van der Waals surface area contributed by atoms with Crippen LogP contribution < -0.4 is 0 Å². The molecule has 18 heavy (non-hydrogen) atoms.